The van der Waals surface area contributed by atoms with Crippen molar-refractivity contribution < 1.29 is 5.11 Å². The van der Waals surface area contributed by atoms with Crippen LogP contribution in [0.1, 0.15) is 24.5 Å². The summed E-state index contributed by atoms with van der Waals surface area (Å²) in [7, 11) is 0. The predicted octanol–water partition coefficient (Wildman–Crippen LogP) is 4.92. The zero-order valence-electron chi connectivity index (χ0n) is 11.4. The van der Waals surface area contributed by atoms with Crippen LogP contribution in [-0.2, 0) is 12.8 Å². The number of rotatable bonds is 5. The Morgan fingerprint density at radius 2 is 1.55 bits per heavy atom. The van der Waals surface area contributed by atoms with Crippen molar-refractivity contribution in [1.82, 2.24) is 0 Å². The maximum Gasteiger partial charge on any atom is 0.0725 e. The fraction of sp³-hybridized carbons (Fsp3) is 0.294. The zero-order valence-corrected chi connectivity index (χ0v) is 13.0. The smallest absolute Gasteiger partial charge is 0.0725 e. The van der Waals surface area contributed by atoms with Gasteiger partial charge in [0.25, 0.3) is 0 Å². The third kappa shape index (κ3) is 3.99. The minimum atomic E-state index is -0.765. The third-order valence-corrected chi connectivity index (χ3v) is 4.29. The van der Waals surface area contributed by atoms with Crippen molar-refractivity contribution in [3.63, 3.8) is 0 Å². The Morgan fingerprint density at radius 1 is 0.900 bits per heavy atom. The molecule has 0 aromatic heterocycles. The summed E-state index contributed by atoms with van der Waals surface area (Å²) < 4.78 is 0. The van der Waals surface area contributed by atoms with Gasteiger partial charge < -0.3 is 5.11 Å². The van der Waals surface area contributed by atoms with Gasteiger partial charge in [-0.25, -0.2) is 0 Å². The van der Waals surface area contributed by atoms with Gasteiger partial charge in [-0.1, -0.05) is 66.5 Å². The van der Waals surface area contributed by atoms with Crippen LogP contribution in [0.5, 0.6) is 0 Å². The highest BCUT2D eigenvalue weighted by Crippen LogP contribution is 2.27. The molecule has 0 radical (unpaired) electrons. The van der Waals surface area contributed by atoms with Gasteiger partial charge in [-0.2, -0.15) is 0 Å². The molecule has 1 nitrogen and oxygen atoms in total. The lowest BCUT2D eigenvalue weighted by atomic mass is 9.86. The first-order valence-electron chi connectivity index (χ1n) is 6.73. The topological polar surface area (TPSA) is 20.2 Å². The monoisotopic (exact) mass is 308 g/mol. The normalized spacial score (nSPS) is 14.0. The molecule has 0 saturated heterocycles. The highest BCUT2D eigenvalue weighted by Gasteiger charge is 2.25. The van der Waals surface area contributed by atoms with Crippen LogP contribution in [-0.4, -0.2) is 10.7 Å². The summed E-state index contributed by atoms with van der Waals surface area (Å²) in [6, 6.07) is 15.6. The van der Waals surface area contributed by atoms with Gasteiger partial charge in [0.1, 0.15) is 0 Å². The first-order chi connectivity index (χ1) is 9.52. The fourth-order valence-corrected chi connectivity index (χ4v) is 2.64. The van der Waals surface area contributed by atoms with E-state index in [2.05, 4.69) is 0 Å². The van der Waals surface area contributed by atoms with E-state index in [1.54, 1.807) is 6.07 Å². The number of aliphatic hydroxyl groups is 1. The minimum Gasteiger partial charge on any atom is -0.389 e. The molecule has 106 valence electrons. The maximum atomic E-state index is 10.8. The van der Waals surface area contributed by atoms with Gasteiger partial charge in [-0.3, -0.25) is 0 Å². The van der Waals surface area contributed by atoms with Gasteiger partial charge in [0.15, 0.2) is 0 Å². The average Bonchev–Trinajstić information content (AvgIpc) is 2.44. The fourth-order valence-electron chi connectivity index (χ4n) is 2.32. The molecule has 2 rings (SSSR count). The molecule has 0 saturated carbocycles. The molecule has 2 aromatic rings. The summed E-state index contributed by atoms with van der Waals surface area (Å²) in [6.07, 6.45) is 1.88. The van der Waals surface area contributed by atoms with E-state index in [-0.39, 0.29) is 0 Å². The van der Waals surface area contributed by atoms with E-state index in [4.69, 9.17) is 23.2 Å². The van der Waals surface area contributed by atoms with Crippen molar-refractivity contribution >= 4 is 23.2 Å². The van der Waals surface area contributed by atoms with E-state index in [0.717, 1.165) is 11.1 Å². The number of hydrogen-bond donors (Lipinski definition) is 1. The van der Waals surface area contributed by atoms with Crippen LogP contribution in [0.4, 0.5) is 0 Å². The number of hydrogen-bond acceptors (Lipinski definition) is 1. The molecule has 0 aliphatic rings. The zero-order chi connectivity index (χ0) is 14.6. The Morgan fingerprint density at radius 3 is 2.15 bits per heavy atom. The lowest BCUT2D eigenvalue weighted by Gasteiger charge is -2.27. The van der Waals surface area contributed by atoms with Crippen molar-refractivity contribution in [2.24, 2.45) is 0 Å². The van der Waals surface area contributed by atoms with Gasteiger partial charge in [0, 0.05) is 12.8 Å². The highest BCUT2D eigenvalue weighted by molar-refractivity contribution is 6.42. The molecule has 20 heavy (non-hydrogen) atoms. The maximum absolute atomic E-state index is 10.8. The van der Waals surface area contributed by atoms with Crippen LogP contribution in [0.15, 0.2) is 48.5 Å². The lowest BCUT2D eigenvalue weighted by molar-refractivity contribution is 0.0369. The number of benzene rings is 2. The molecule has 1 N–H and O–H groups in total. The van der Waals surface area contributed by atoms with E-state index in [9.17, 15) is 5.11 Å². The van der Waals surface area contributed by atoms with Gasteiger partial charge in [0.05, 0.1) is 15.6 Å². The van der Waals surface area contributed by atoms with Gasteiger partial charge in [-0.05, 0) is 29.7 Å². The summed E-state index contributed by atoms with van der Waals surface area (Å²) in [6.45, 7) is 2.00. The second-order valence-corrected chi connectivity index (χ2v) is 5.98. The van der Waals surface area contributed by atoms with Crippen LogP contribution in [0, 0.1) is 0 Å². The SMILES string of the molecule is CCC(O)(Cc1ccccc1)Cc1ccc(Cl)c(Cl)c1. The molecule has 2 aromatic carbocycles. The van der Waals surface area contributed by atoms with E-state index in [1.807, 2.05) is 49.4 Å². The number of halogens is 2. The molecule has 0 aliphatic carbocycles. The summed E-state index contributed by atoms with van der Waals surface area (Å²) in [5, 5.41) is 11.9. The largest absolute Gasteiger partial charge is 0.389 e. The second kappa shape index (κ2) is 6.62. The average molecular weight is 309 g/mol. The summed E-state index contributed by atoms with van der Waals surface area (Å²) in [4.78, 5) is 0. The third-order valence-electron chi connectivity index (χ3n) is 3.55. The lowest BCUT2D eigenvalue weighted by Crippen LogP contribution is -2.33. The minimum absolute atomic E-state index is 0.530. The predicted molar refractivity (Wildman–Crippen MR) is 85.6 cm³/mol. The van der Waals surface area contributed by atoms with Crippen molar-refractivity contribution in [1.29, 1.82) is 0 Å². The van der Waals surface area contributed by atoms with E-state index >= 15 is 0 Å². The molecule has 0 spiro atoms. The molecule has 1 atom stereocenters. The first-order valence-corrected chi connectivity index (χ1v) is 7.48. The molecule has 3 heteroatoms. The molecule has 0 aliphatic heterocycles. The highest BCUT2D eigenvalue weighted by atomic mass is 35.5. The Bertz CT molecular complexity index is 568. The summed E-state index contributed by atoms with van der Waals surface area (Å²) in [5.41, 5.74) is 1.37. The Kier molecular flexibility index (Phi) is 5.09. The molecule has 0 heterocycles. The van der Waals surface area contributed by atoms with E-state index < -0.39 is 5.60 Å². The van der Waals surface area contributed by atoms with Crippen molar-refractivity contribution in [2.75, 3.05) is 0 Å². The molecule has 0 fully saturated rings. The second-order valence-electron chi connectivity index (χ2n) is 5.17. The quantitative estimate of drug-likeness (QED) is 0.831. The Balaban J connectivity index is 2.16. The molecule has 0 amide bonds. The van der Waals surface area contributed by atoms with Gasteiger partial charge >= 0.3 is 0 Å². The standard InChI is InChI=1S/C17H18Cl2O/c1-2-17(20,11-13-6-4-3-5-7-13)12-14-8-9-15(18)16(19)10-14/h3-10,20H,2,11-12H2,1H3. The van der Waals surface area contributed by atoms with E-state index in [1.165, 1.54) is 0 Å². The van der Waals surface area contributed by atoms with Crippen molar-refractivity contribution in [3.8, 4) is 0 Å². The summed E-state index contributed by atoms with van der Waals surface area (Å²) >= 11 is 12.0. The summed E-state index contributed by atoms with van der Waals surface area (Å²) in [5.74, 6) is 0. The van der Waals surface area contributed by atoms with Crippen LogP contribution >= 0.6 is 23.2 Å². The Labute approximate surface area is 130 Å². The van der Waals surface area contributed by atoms with Crippen molar-refractivity contribution in [2.45, 2.75) is 31.8 Å². The van der Waals surface area contributed by atoms with Crippen LogP contribution in [0.3, 0.4) is 0 Å². The molecule has 1 unspecified atom stereocenters. The van der Waals surface area contributed by atoms with Crippen LogP contribution in [0.25, 0.3) is 0 Å². The van der Waals surface area contributed by atoms with Crippen LogP contribution < -0.4 is 0 Å². The first kappa shape index (κ1) is 15.4. The molecular weight excluding hydrogens is 291 g/mol. The van der Waals surface area contributed by atoms with Crippen LogP contribution in [0.2, 0.25) is 10.0 Å². The van der Waals surface area contributed by atoms with Crippen molar-refractivity contribution in [3.05, 3.63) is 69.7 Å². The van der Waals surface area contributed by atoms with E-state index in [0.29, 0.717) is 29.3 Å². The molecular formula is C17H18Cl2O. The van der Waals surface area contributed by atoms with Gasteiger partial charge in [-0.15, -0.1) is 0 Å². The molecule has 0 bridgehead atoms. The van der Waals surface area contributed by atoms with Gasteiger partial charge in [0.2, 0.25) is 0 Å². The Hall–Kier alpha value is -1.02.